The molecule has 0 aromatic carbocycles. The molecule has 1 atom stereocenters. The van der Waals surface area contributed by atoms with Gasteiger partial charge in [-0.3, -0.25) is 4.79 Å². The molecular formula is C14H23N5O. The van der Waals surface area contributed by atoms with Crippen molar-refractivity contribution in [2.24, 2.45) is 11.7 Å². The number of piperazine rings is 1. The van der Waals surface area contributed by atoms with Crippen molar-refractivity contribution in [3.63, 3.8) is 0 Å². The van der Waals surface area contributed by atoms with Crippen molar-refractivity contribution in [3.8, 4) is 0 Å². The Labute approximate surface area is 120 Å². The topological polar surface area (TPSA) is 75.4 Å². The summed E-state index contributed by atoms with van der Waals surface area (Å²) < 4.78 is 0. The number of carbonyl (C=O) groups excluding carboxylic acids is 1. The van der Waals surface area contributed by atoms with E-state index in [1.165, 1.54) is 0 Å². The molecule has 1 unspecified atom stereocenters. The highest BCUT2D eigenvalue weighted by Crippen LogP contribution is 2.12. The van der Waals surface area contributed by atoms with Gasteiger partial charge in [-0.05, 0) is 18.4 Å². The number of rotatable bonds is 4. The maximum absolute atomic E-state index is 12.2. The van der Waals surface area contributed by atoms with Crippen LogP contribution in [0.5, 0.6) is 0 Å². The number of hydrogen-bond donors (Lipinski definition) is 1. The number of nitrogens with two attached hydrogens (primary N) is 1. The van der Waals surface area contributed by atoms with Crippen molar-refractivity contribution in [2.45, 2.75) is 26.3 Å². The Morgan fingerprint density at radius 1 is 1.25 bits per heavy atom. The lowest BCUT2D eigenvalue weighted by atomic mass is 10.0. The second-order valence-corrected chi connectivity index (χ2v) is 5.60. The predicted molar refractivity (Wildman–Crippen MR) is 78.3 cm³/mol. The van der Waals surface area contributed by atoms with Crippen LogP contribution in [0.15, 0.2) is 18.5 Å². The highest BCUT2D eigenvalue weighted by Gasteiger charge is 2.26. The van der Waals surface area contributed by atoms with Gasteiger partial charge in [0.2, 0.25) is 11.9 Å². The average molecular weight is 277 g/mol. The van der Waals surface area contributed by atoms with Crippen LogP contribution in [0.25, 0.3) is 0 Å². The minimum absolute atomic E-state index is 0.0623. The molecule has 1 aliphatic rings. The summed E-state index contributed by atoms with van der Waals surface area (Å²) in [6, 6.07) is 1.42. The molecule has 1 amide bonds. The van der Waals surface area contributed by atoms with E-state index in [0.717, 1.165) is 25.5 Å². The van der Waals surface area contributed by atoms with Gasteiger partial charge in [0, 0.05) is 38.6 Å². The maximum Gasteiger partial charge on any atom is 0.239 e. The summed E-state index contributed by atoms with van der Waals surface area (Å²) in [6.07, 6.45) is 4.21. The molecular weight excluding hydrogens is 254 g/mol. The van der Waals surface area contributed by atoms with Crippen LogP contribution >= 0.6 is 0 Å². The van der Waals surface area contributed by atoms with Crippen LogP contribution in [0.4, 0.5) is 5.95 Å². The lowest BCUT2D eigenvalue weighted by Crippen LogP contribution is -2.53. The normalized spacial score (nSPS) is 17.4. The Morgan fingerprint density at radius 3 is 2.40 bits per heavy atom. The van der Waals surface area contributed by atoms with Crippen LogP contribution in [-0.4, -0.2) is 53.0 Å². The number of anilines is 1. The van der Waals surface area contributed by atoms with Crippen molar-refractivity contribution >= 4 is 11.9 Å². The minimum atomic E-state index is -0.380. The third-order valence-corrected chi connectivity index (χ3v) is 3.47. The van der Waals surface area contributed by atoms with Crippen molar-refractivity contribution in [2.75, 3.05) is 31.1 Å². The quantitative estimate of drug-likeness (QED) is 0.867. The van der Waals surface area contributed by atoms with E-state index in [4.69, 9.17) is 5.73 Å². The van der Waals surface area contributed by atoms with Crippen molar-refractivity contribution in [1.29, 1.82) is 0 Å². The summed E-state index contributed by atoms with van der Waals surface area (Å²) in [6.45, 7) is 7.04. The number of hydrogen-bond acceptors (Lipinski definition) is 5. The van der Waals surface area contributed by atoms with Gasteiger partial charge in [-0.2, -0.15) is 0 Å². The Balaban J connectivity index is 1.86. The first-order valence-corrected chi connectivity index (χ1v) is 7.14. The Kier molecular flexibility index (Phi) is 4.89. The second kappa shape index (κ2) is 6.65. The number of nitrogens with zero attached hydrogens (tertiary/aromatic N) is 4. The third-order valence-electron chi connectivity index (χ3n) is 3.47. The zero-order chi connectivity index (χ0) is 14.5. The second-order valence-electron chi connectivity index (χ2n) is 5.60. The number of aromatic nitrogens is 2. The lowest BCUT2D eigenvalue weighted by Gasteiger charge is -2.36. The molecule has 2 rings (SSSR count). The standard InChI is InChI=1S/C14H23N5O/c1-11(2)10-12(15)13(20)18-6-8-19(9-7-18)14-16-4-3-5-17-14/h3-5,11-12H,6-10,15H2,1-2H3. The van der Waals surface area contributed by atoms with E-state index < -0.39 is 0 Å². The minimum Gasteiger partial charge on any atom is -0.338 e. The predicted octanol–water partition coefficient (Wildman–Crippen LogP) is 0.499. The molecule has 20 heavy (non-hydrogen) atoms. The molecule has 1 aromatic rings. The van der Waals surface area contributed by atoms with Gasteiger partial charge in [-0.25, -0.2) is 9.97 Å². The fourth-order valence-corrected chi connectivity index (χ4v) is 2.42. The molecule has 6 heteroatoms. The van der Waals surface area contributed by atoms with E-state index in [1.54, 1.807) is 18.5 Å². The van der Waals surface area contributed by atoms with Crippen LogP contribution in [0.1, 0.15) is 20.3 Å². The van der Waals surface area contributed by atoms with Gasteiger partial charge < -0.3 is 15.5 Å². The highest BCUT2D eigenvalue weighted by molar-refractivity contribution is 5.81. The van der Waals surface area contributed by atoms with E-state index >= 15 is 0 Å². The Hall–Kier alpha value is -1.69. The first-order chi connectivity index (χ1) is 9.58. The molecule has 1 fully saturated rings. The number of carbonyl (C=O) groups is 1. The van der Waals surface area contributed by atoms with Crippen LogP contribution < -0.4 is 10.6 Å². The van der Waals surface area contributed by atoms with Gasteiger partial charge >= 0.3 is 0 Å². The molecule has 0 saturated carbocycles. The van der Waals surface area contributed by atoms with Crippen molar-refractivity contribution in [1.82, 2.24) is 14.9 Å². The lowest BCUT2D eigenvalue weighted by molar-refractivity contribution is -0.133. The summed E-state index contributed by atoms with van der Waals surface area (Å²) >= 11 is 0. The number of amides is 1. The smallest absolute Gasteiger partial charge is 0.239 e. The van der Waals surface area contributed by atoms with Crippen LogP contribution in [0.3, 0.4) is 0 Å². The molecule has 0 radical (unpaired) electrons. The zero-order valence-electron chi connectivity index (χ0n) is 12.2. The molecule has 0 aliphatic carbocycles. The Morgan fingerprint density at radius 2 is 1.85 bits per heavy atom. The molecule has 0 bridgehead atoms. The monoisotopic (exact) mass is 277 g/mol. The molecule has 1 aliphatic heterocycles. The molecule has 6 nitrogen and oxygen atoms in total. The summed E-state index contributed by atoms with van der Waals surface area (Å²) in [5, 5.41) is 0. The van der Waals surface area contributed by atoms with Crippen LogP contribution in [-0.2, 0) is 4.79 Å². The molecule has 2 heterocycles. The van der Waals surface area contributed by atoms with E-state index in [1.807, 2.05) is 4.90 Å². The third kappa shape index (κ3) is 3.66. The summed E-state index contributed by atoms with van der Waals surface area (Å²) in [5.41, 5.74) is 5.97. The van der Waals surface area contributed by atoms with Gasteiger partial charge in [0.1, 0.15) is 0 Å². The van der Waals surface area contributed by atoms with E-state index in [9.17, 15) is 4.79 Å². The van der Waals surface area contributed by atoms with E-state index in [-0.39, 0.29) is 11.9 Å². The molecule has 110 valence electrons. The zero-order valence-corrected chi connectivity index (χ0v) is 12.2. The van der Waals surface area contributed by atoms with Gasteiger partial charge in [0.15, 0.2) is 0 Å². The van der Waals surface area contributed by atoms with E-state index in [0.29, 0.717) is 19.0 Å². The van der Waals surface area contributed by atoms with Crippen molar-refractivity contribution < 1.29 is 4.79 Å². The summed E-state index contributed by atoms with van der Waals surface area (Å²) in [7, 11) is 0. The summed E-state index contributed by atoms with van der Waals surface area (Å²) in [5.74, 6) is 1.23. The molecule has 1 aromatic heterocycles. The largest absolute Gasteiger partial charge is 0.338 e. The Bertz CT molecular complexity index is 428. The highest BCUT2D eigenvalue weighted by atomic mass is 16.2. The summed E-state index contributed by atoms with van der Waals surface area (Å²) in [4.78, 5) is 24.6. The fourth-order valence-electron chi connectivity index (χ4n) is 2.42. The van der Waals surface area contributed by atoms with E-state index in [2.05, 4.69) is 28.7 Å². The SMILES string of the molecule is CC(C)CC(N)C(=O)N1CCN(c2ncccn2)CC1. The van der Waals surface area contributed by atoms with Gasteiger partial charge in [0.05, 0.1) is 6.04 Å². The van der Waals surface area contributed by atoms with Gasteiger partial charge in [-0.1, -0.05) is 13.8 Å². The van der Waals surface area contributed by atoms with Crippen LogP contribution in [0.2, 0.25) is 0 Å². The van der Waals surface area contributed by atoms with Gasteiger partial charge in [-0.15, -0.1) is 0 Å². The first kappa shape index (κ1) is 14.7. The van der Waals surface area contributed by atoms with Crippen LogP contribution in [0, 0.1) is 5.92 Å². The average Bonchev–Trinajstić information content (AvgIpc) is 2.47. The van der Waals surface area contributed by atoms with Gasteiger partial charge in [0.25, 0.3) is 0 Å². The first-order valence-electron chi connectivity index (χ1n) is 7.14. The molecule has 1 saturated heterocycles. The molecule has 0 spiro atoms. The fraction of sp³-hybridized carbons (Fsp3) is 0.643. The van der Waals surface area contributed by atoms with Crippen molar-refractivity contribution in [3.05, 3.63) is 18.5 Å². The maximum atomic E-state index is 12.2. The molecule has 2 N–H and O–H groups in total.